The first kappa shape index (κ1) is 17.2. The molecule has 2 aromatic carbocycles. The van der Waals surface area contributed by atoms with E-state index in [0.717, 1.165) is 6.07 Å². The second-order valence-corrected chi connectivity index (χ2v) is 5.15. The highest BCUT2D eigenvalue weighted by atomic mass is 19.1. The van der Waals surface area contributed by atoms with Crippen LogP contribution in [0.25, 0.3) is 5.69 Å². The number of benzene rings is 2. The molecule has 0 fully saturated rings. The predicted molar refractivity (Wildman–Crippen MR) is 86.7 cm³/mol. The van der Waals surface area contributed by atoms with Gasteiger partial charge in [0.1, 0.15) is 6.33 Å². The molecule has 0 unspecified atom stereocenters. The van der Waals surface area contributed by atoms with E-state index in [0.29, 0.717) is 5.69 Å². The van der Waals surface area contributed by atoms with Crippen LogP contribution >= 0.6 is 0 Å². The van der Waals surface area contributed by atoms with E-state index in [2.05, 4.69) is 15.5 Å². The molecule has 0 atom stereocenters. The largest absolute Gasteiger partial charge is 0.494 e. The molecule has 1 heterocycles. The van der Waals surface area contributed by atoms with Gasteiger partial charge in [-0.3, -0.25) is 4.79 Å². The predicted octanol–water partition coefficient (Wildman–Crippen LogP) is 1.85. The van der Waals surface area contributed by atoms with Crippen LogP contribution < -0.4 is 4.74 Å². The summed E-state index contributed by atoms with van der Waals surface area (Å²) in [5.74, 6) is -1.87. The number of methoxy groups -OCH3 is 1. The molecule has 0 aliphatic heterocycles. The van der Waals surface area contributed by atoms with Gasteiger partial charge in [0.15, 0.2) is 24.0 Å². The van der Waals surface area contributed by atoms with Gasteiger partial charge in [0, 0.05) is 5.56 Å². The second-order valence-electron chi connectivity index (χ2n) is 5.15. The molecule has 3 aromatic rings. The van der Waals surface area contributed by atoms with Crippen LogP contribution in [0.5, 0.6) is 5.75 Å². The minimum atomic E-state index is -0.692. The Bertz CT molecular complexity index is 944. The van der Waals surface area contributed by atoms with Gasteiger partial charge in [0.2, 0.25) is 0 Å². The number of carbonyl (C=O) groups excluding carboxylic acids is 2. The van der Waals surface area contributed by atoms with Crippen LogP contribution in [0.15, 0.2) is 48.8 Å². The quantitative estimate of drug-likeness (QED) is 0.491. The highest BCUT2D eigenvalue weighted by Gasteiger charge is 2.14. The van der Waals surface area contributed by atoms with Gasteiger partial charge in [-0.05, 0) is 46.8 Å². The monoisotopic (exact) mass is 356 g/mol. The lowest BCUT2D eigenvalue weighted by atomic mass is 10.1. The highest BCUT2D eigenvalue weighted by Crippen LogP contribution is 2.18. The lowest BCUT2D eigenvalue weighted by molar-refractivity contribution is 0.0474. The van der Waals surface area contributed by atoms with Gasteiger partial charge in [0.25, 0.3) is 0 Å². The van der Waals surface area contributed by atoms with E-state index in [1.807, 2.05) is 0 Å². The van der Waals surface area contributed by atoms with E-state index >= 15 is 0 Å². The molecule has 3 rings (SSSR count). The molecule has 0 radical (unpaired) electrons. The number of esters is 1. The number of ketones is 1. The summed E-state index contributed by atoms with van der Waals surface area (Å²) in [6.45, 7) is -0.514. The van der Waals surface area contributed by atoms with E-state index in [9.17, 15) is 14.0 Å². The number of aromatic nitrogens is 4. The Hall–Kier alpha value is -3.62. The molecule has 8 nitrogen and oxygen atoms in total. The minimum Gasteiger partial charge on any atom is -0.494 e. The average Bonchev–Trinajstić information content (AvgIpc) is 3.20. The second kappa shape index (κ2) is 7.51. The van der Waals surface area contributed by atoms with Crippen LogP contribution in [0.4, 0.5) is 4.39 Å². The van der Waals surface area contributed by atoms with Crippen LogP contribution in [0.3, 0.4) is 0 Å². The van der Waals surface area contributed by atoms with E-state index in [-0.39, 0.29) is 16.9 Å². The summed E-state index contributed by atoms with van der Waals surface area (Å²) in [4.78, 5) is 24.2. The van der Waals surface area contributed by atoms with E-state index < -0.39 is 24.2 Å². The Labute approximate surface area is 147 Å². The van der Waals surface area contributed by atoms with Crippen LogP contribution in [0, 0.1) is 5.82 Å². The van der Waals surface area contributed by atoms with Gasteiger partial charge in [0.05, 0.1) is 18.4 Å². The lowest BCUT2D eigenvalue weighted by Gasteiger charge is -2.07. The van der Waals surface area contributed by atoms with Crippen LogP contribution in [0.1, 0.15) is 20.7 Å². The Balaban J connectivity index is 1.66. The first-order chi connectivity index (χ1) is 12.6. The third-order valence-electron chi connectivity index (χ3n) is 3.50. The van der Waals surface area contributed by atoms with Crippen molar-refractivity contribution in [2.45, 2.75) is 0 Å². The Kier molecular flexibility index (Phi) is 4.97. The number of hydrogen-bond acceptors (Lipinski definition) is 7. The van der Waals surface area contributed by atoms with Gasteiger partial charge in [-0.15, -0.1) is 5.10 Å². The van der Waals surface area contributed by atoms with E-state index in [4.69, 9.17) is 9.47 Å². The number of rotatable bonds is 6. The highest BCUT2D eigenvalue weighted by molar-refractivity contribution is 5.99. The van der Waals surface area contributed by atoms with Crippen molar-refractivity contribution in [3.63, 3.8) is 0 Å². The van der Waals surface area contributed by atoms with Crippen LogP contribution in [0.2, 0.25) is 0 Å². The molecule has 9 heteroatoms. The molecule has 0 bridgehead atoms. The SMILES string of the molecule is COc1ccc(C(=O)COC(=O)c2cccc(-n3cnnn3)c2)cc1F. The number of hydrogen-bond donors (Lipinski definition) is 0. The first-order valence-electron chi connectivity index (χ1n) is 7.46. The van der Waals surface area contributed by atoms with Gasteiger partial charge in [-0.1, -0.05) is 6.07 Å². The maximum atomic E-state index is 13.7. The summed E-state index contributed by atoms with van der Waals surface area (Å²) in [6.07, 6.45) is 1.38. The van der Waals surface area contributed by atoms with Gasteiger partial charge in [-0.25, -0.2) is 13.9 Å². The van der Waals surface area contributed by atoms with Crippen LogP contribution in [-0.4, -0.2) is 45.7 Å². The van der Waals surface area contributed by atoms with Crippen molar-refractivity contribution in [2.24, 2.45) is 0 Å². The van der Waals surface area contributed by atoms with Crippen molar-refractivity contribution in [3.8, 4) is 11.4 Å². The molecular weight excluding hydrogens is 343 g/mol. The molecule has 26 heavy (non-hydrogen) atoms. The standard InChI is InChI=1S/C17H13FN4O4/c1-25-16-6-5-11(8-14(16)18)15(23)9-26-17(24)12-3-2-4-13(7-12)22-10-19-20-21-22/h2-8,10H,9H2,1H3. The fourth-order valence-electron chi connectivity index (χ4n) is 2.19. The molecule has 1 aromatic heterocycles. The van der Waals surface area contributed by atoms with Crippen molar-refractivity contribution in [2.75, 3.05) is 13.7 Å². The first-order valence-corrected chi connectivity index (χ1v) is 7.46. The fourth-order valence-corrected chi connectivity index (χ4v) is 2.19. The third-order valence-corrected chi connectivity index (χ3v) is 3.50. The summed E-state index contributed by atoms with van der Waals surface area (Å²) < 4.78 is 24.8. The molecule has 0 aliphatic rings. The lowest BCUT2D eigenvalue weighted by Crippen LogP contribution is -2.15. The maximum absolute atomic E-state index is 13.7. The van der Waals surface area contributed by atoms with Gasteiger partial charge in [-0.2, -0.15) is 0 Å². The Morgan fingerprint density at radius 2 is 2.00 bits per heavy atom. The van der Waals surface area contributed by atoms with Gasteiger partial charge < -0.3 is 9.47 Å². The zero-order valence-electron chi connectivity index (χ0n) is 13.6. The number of halogens is 1. The Morgan fingerprint density at radius 3 is 2.69 bits per heavy atom. The average molecular weight is 356 g/mol. The molecule has 0 saturated heterocycles. The zero-order chi connectivity index (χ0) is 18.5. The van der Waals surface area contributed by atoms with Gasteiger partial charge >= 0.3 is 5.97 Å². The van der Waals surface area contributed by atoms with Crippen molar-refractivity contribution in [1.82, 2.24) is 20.2 Å². The third kappa shape index (κ3) is 3.72. The Morgan fingerprint density at radius 1 is 1.15 bits per heavy atom. The zero-order valence-corrected chi connectivity index (χ0v) is 13.6. The minimum absolute atomic E-state index is 0.0259. The molecule has 0 spiro atoms. The van der Waals surface area contributed by atoms with E-state index in [1.54, 1.807) is 12.1 Å². The van der Waals surface area contributed by atoms with E-state index in [1.165, 1.54) is 42.4 Å². The summed E-state index contributed by atoms with van der Waals surface area (Å²) in [5.41, 5.74) is 0.873. The summed E-state index contributed by atoms with van der Waals surface area (Å²) >= 11 is 0. The molecule has 0 amide bonds. The summed E-state index contributed by atoms with van der Waals surface area (Å²) in [5, 5.41) is 10.8. The van der Waals surface area contributed by atoms with Crippen molar-refractivity contribution < 1.29 is 23.5 Å². The molecular formula is C17H13FN4O4. The molecule has 0 N–H and O–H groups in total. The summed E-state index contributed by atoms with van der Waals surface area (Å²) in [6, 6.07) is 10.2. The number of nitrogens with zero attached hydrogens (tertiary/aromatic N) is 4. The van der Waals surface area contributed by atoms with Crippen LogP contribution in [-0.2, 0) is 4.74 Å². The number of ether oxygens (including phenoxy) is 2. The van der Waals surface area contributed by atoms with Crippen molar-refractivity contribution in [3.05, 3.63) is 65.7 Å². The fraction of sp³-hybridized carbons (Fsp3) is 0.118. The van der Waals surface area contributed by atoms with Crippen molar-refractivity contribution >= 4 is 11.8 Å². The summed E-state index contributed by atoms with van der Waals surface area (Å²) in [7, 11) is 1.32. The maximum Gasteiger partial charge on any atom is 0.338 e. The van der Waals surface area contributed by atoms with Crippen molar-refractivity contribution in [1.29, 1.82) is 0 Å². The molecule has 132 valence electrons. The topological polar surface area (TPSA) is 96.2 Å². The molecule has 0 aliphatic carbocycles. The number of carbonyl (C=O) groups is 2. The normalized spacial score (nSPS) is 10.4. The molecule has 0 saturated carbocycles. The number of tetrazole rings is 1. The smallest absolute Gasteiger partial charge is 0.338 e. The number of Topliss-reactive ketones (excluding diaryl/α,β-unsaturated/α-hetero) is 1.